The van der Waals surface area contributed by atoms with Crippen molar-refractivity contribution in [1.29, 1.82) is 0 Å². The summed E-state index contributed by atoms with van der Waals surface area (Å²) >= 11 is 0. The monoisotopic (exact) mass is 238 g/mol. The number of anilines is 2. The van der Waals surface area contributed by atoms with Crippen molar-refractivity contribution in [2.24, 2.45) is 0 Å². The van der Waals surface area contributed by atoms with E-state index in [4.69, 9.17) is 5.73 Å². The topological polar surface area (TPSA) is 46.3 Å². The highest BCUT2D eigenvalue weighted by atomic mass is 16.2. The van der Waals surface area contributed by atoms with Crippen LogP contribution in [0.5, 0.6) is 0 Å². The van der Waals surface area contributed by atoms with Crippen LogP contribution < -0.4 is 10.6 Å². The van der Waals surface area contributed by atoms with Gasteiger partial charge in [-0.2, -0.15) is 0 Å². The van der Waals surface area contributed by atoms with Crippen molar-refractivity contribution in [3.05, 3.63) is 59.7 Å². The quantitative estimate of drug-likeness (QED) is 0.776. The lowest BCUT2D eigenvalue weighted by Crippen LogP contribution is -2.37. The van der Waals surface area contributed by atoms with Crippen LogP contribution in [0.3, 0.4) is 0 Å². The van der Waals surface area contributed by atoms with Crippen LogP contribution in [0.4, 0.5) is 11.4 Å². The zero-order valence-electron chi connectivity index (χ0n) is 9.97. The van der Waals surface area contributed by atoms with E-state index < -0.39 is 0 Å². The zero-order chi connectivity index (χ0) is 12.5. The summed E-state index contributed by atoms with van der Waals surface area (Å²) in [6, 6.07) is 15.2. The Kier molecular flexibility index (Phi) is 2.52. The van der Waals surface area contributed by atoms with Gasteiger partial charge in [0.1, 0.15) is 0 Å². The summed E-state index contributed by atoms with van der Waals surface area (Å²) in [5.41, 5.74) is 9.22. The van der Waals surface area contributed by atoms with Gasteiger partial charge in [-0.15, -0.1) is 0 Å². The number of fused-ring (bicyclic) bond motifs is 1. The van der Waals surface area contributed by atoms with Crippen LogP contribution in [0.1, 0.15) is 15.9 Å². The Hall–Kier alpha value is -2.29. The van der Waals surface area contributed by atoms with Gasteiger partial charge in [-0.1, -0.05) is 18.2 Å². The first-order valence-corrected chi connectivity index (χ1v) is 6.01. The molecule has 0 bridgehead atoms. The van der Waals surface area contributed by atoms with Crippen LogP contribution in [-0.4, -0.2) is 12.5 Å². The molecule has 0 aliphatic carbocycles. The van der Waals surface area contributed by atoms with Gasteiger partial charge in [0.2, 0.25) is 0 Å². The molecule has 0 aromatic heterocycles. The number of carbonyl (C=O) groups excluding carboxylic acids is 1. The summed E-state index contributed by atoms with van der Waals surface area (Å²) < 4.78 is 0. The van der Waals surface area contributed by atoms with Crippen molar-refractivity contribution in [3.63, 3.8) is 0 Å². The fraction of sp³-hybridized carbons (Fsp3) is 0.133. The molecule has 3 rings (SSSR count). The van der Waals surface area contributed by atoms with Crippen LogP contribution >= 0.6 is 0 Å². The maximum Gasteiger partial charge on any atom is 0.258 e. The molecule has 3 heteroatoms. The van der Waals surface area contributed by atoms with Gasteiger partial charge in [0.25, 0.3) is 5.91 Å². The van der Waals surface area contributed by atoms with E-state index in [9.17, 15) is 4.79 Å². The second-order valence-corrected chi connectivity index (χ2v) is 4.46. The van der Waals surface area contributed by atoms with E-state index in [2.05, 4.69) is 0 Å². The van der Waals surface area contributed by atoms with Crippen molar-refractivity contribution >= 4 is 17.3 Å². The Morgan fingerprint density at radius 2 is 1.72 bits per heavy atom. The minimum absolute atomic E-state index is 0.0709. The highest BCUT2D eigenvalue weighted by Crippen LogP contribution is 2.24. The van der Waals surface area contributed by atoms with Crippen LogP contribution in [0.25, 0.3) is 0 Å². The fourth-order valence-electron chi connectivity index (χ4n) is 2.33. The summed E-state index contributed by atoms with van der Waals surface area (Å²) in [5.74, 6) is 0.0709. The number of amides is 1. The molecule has 0 spiro atoms. The Morgan fingerprint density at radius 3 is 2.50 bits per heavy atom. The molecule has 1 heterocycles. The molecule has 90 valence electrons. The van der Waals surface area contributed by atoms with Gasteiger partial charge in [-0.05, 0) is 42.3 Å². The highest BCUT2D eigenvalue weighted by Gasteiger charge is 2.24. The number of carbonyl (C=O) groups is 1. The standard InChI is InChI=1S/C15H14N2O/c16-12-5-7-13(8-6-12)17-10-9-11-3-1-2-4-14(11)15(17)18/h1-8H,9-10,16H2. The lowest BCUT2D eigenvalue weighted by Gasteiger charge is -2.28. The normalized spacial score (nSPS) is 14.4. The second kappa shape index (κ2) is 4.18. The molecule has 2 aromatic carbocycles. The molecule has 1 aliphatic rings. The maximum absolute atomic E-state index is 12.4. The average molecular weight is 238 g/mol. The molecule has 0 saturated heterocycles. The first-order chi connectivity index (χ1) is 8.75. The Bertz CT molecular complexity index is 590. The van der Waals surface area contributed by atoms with E-state index >= 15 is 0 Å². The molecule has 0 radical (unpaired) electrons. The van der Waals surface area contributed by atoms with Crippen molar-refractivity contribution < 1.29 is 4.79 Å². The van der Waals surface area contributed by atoms with Gasteiger partial charge in [0, 0.05) is 23.5 Å². The average Bonchev–Trinajstić information content (AvgIpc) is 2.41. The molecular weight excluding hydrogens is 224 g/mol. The predicted octanol–water partition coefficient (Wildman–Crippen LogP) is 2.47. The van der Waals surface area contributed by atoms with Gasteiger partial charge in [-0.3, -0.25) is 4.79 Å². The van der Waals surface area contributed by atoms with E-state index in [0.717, 1.165) is 29.8 Å². The maximum atomic E-state index is 12.4. The zero-order valence-corrected chi connectivity index (χ0v) is 9.97. The van der Waals surface area contributed by atoms with E-state index in [-0.39, 0.29) is 5.91 Å². The van der Waals surface area contributed by atoms with E-state index in [1.54, 1.807) is 0 Å². The summed E-state index contributed by atoms with van der Waals surface area (Å²) in [4.78, 5) is 14.2. The van der Waals surface area contributed by atoms with E-state index in [0.29, 0.717) is 5.69 Å². The van der Waals surface area contributed by atoms with Crippen molar-refractivity contribution in [3.8, 4) is 0 Å². The molecule has 3 nitrogen and oxygen atoms in total. The number of hydrogen-bond donors (Lipinski definition) is 1. The first-order valence-electron chi connectivity index (χ1n) is 6.01. The molecule has 1 amide bonds. The van der Waals surface area contributed by atoms with Crippen LogP contribution in [0, 0.1) is 0 Å². The molecule has 2 aromatic rings. The highest BCUT2D eigenvalue weighted by molar-refractivity contribution is 6.08. The first kappa shape index (κ1) is 10.8. The van der Waals surface area contributed by atoms with E-state index in [1.807, 2.05) is 53.4 Å². The SMILES string of the molecule is Nc1ccc(N2CCc3ccccc3C2=O)cc1. The smallest absolute Gasteiger partial charge is 0.258 e. The number of rotatable bonds is 1. The van der Waals surface area contributed by atoms with Gasteiger partial charge in [-0.25, -0.2) is 0 Å². The van der Waals surface area contributed by atoms with Crippen molar-refractivity contribution in [2.45, 2.75) is 6.42 Å². The molecule has 0 atom stereocenters. The van der Waals surface area contributed by atoms with Crippen molar-refractivity contribution in [2.75, 3.05) is 17.2 Å². The molecule has 0 saturated carbocycles. The van der Waals surface area contributed by atoms with Gasteiger partial charge >= 0.3 is 0 Å². The third-order valence-corrected chi connectivity index (χ3v) is 3.30. The minimum Gasteiger partial charge on any atom is -0.399 e. The molecule has 2 N–H and O–H groups in total. The molecular formula is C15H14N2O. The van der Waals surface area contributed by atoms with Gasteiger partial charge in [0.15, 0.2) is 0 Å². The summed E-state index contributed by atoms with van der Waals surface area (Å²) in [5, 5.41) is 0. The van der Waals surface area contributed by atoms with Crippen LogP contribution in [-0.2, 0) is 6.42 Å². The lowest BCUT2D eigenvalue weighted by molar-refractivity contribution is 0.0980. The lowest BCUT2D eigenvalue weighted by atomic mass is 9.98. The third-order valence-electron chi connectivity index (χ3n) is 3.30. The molecule has 0 unspecified atom stereocenters. The van der Waals surface area contributed by atoms with Gasteiger partial charge < -0.3 is 10.6 Å². The fourth-order valence-corrected chi connectivity index (χ4v) is 2.33. The molecule has 1 aliphatic heterocycles. The third kappa shape index (κ3) is 1.74. The van der Waals surface area contributed by atoms with Crippen LogP contribution in [0.2, 0.25) is 0 Å². The minimum atomic E-state index is 0.0709. The van der Waals surface area contributed by atoms with Gasteiger partial charge in [0.05, 0.1) is 0 Å². The Balaban J connectivity index is 1.97. The van der Waals surface area contributed by atoms with Crippen molar-refractivity contribution in [1.82, 2.24) is 0 Å². The summed E-state index contributed by atoms with van der Waals surface area (Å²) in [7, 11) is 0. The Labute approximate surface area is 106 Å². The second-order valence-electron chi connectivity index (χ2n) is 4.46. The number of benzene rings is 2. The molecule has 18 heavy (non-hydrogen) atoms. The molecule has 0 fully saturated rings. The Morgan fingerprint density at radius 1 is 1.00 bits per heavy atom. The largest absolute Gasteiger partial charge is 0.399 e. The predicted molar refractivity (Wildman–Crippen MR) is 72.7 cm³/mol. The number of nitrogen functional groups attached to an aromatic ring is 1. The number of hydrogen-bond acceptors (Lipinski definition) is 2. The number of nitrogens with zero attached hydrogens (tertiary/aromatic N) is 1. The summed E-state index contributed by atoms with van der Waals surface area (Å²) in [6.45, 7) is 0.722. The van der Waals surface area contributed by atoms with E-state index in [1.165, 1.54) is 0 Å². The van der Waals surface area contributed by atoms with Crippen LogP contribution in [0.15, 0.2) is 48.5 Å². The summed E-state index contributed by atoms with van der Waals surface area (Å²) in [6.07, 6.45) is 0.895. The number of nitrogens with two attached hydrogens (primary N) is 1.